The molecule has 0 spiro atoms. The van der Waals surface area contributed by atoms with E-state index in [1.165, 1.54) is 5.56 Å². The van der Waals surface area contributed by atoms with Gasteiger partial charge in [0, 0.05) is 5.56 Å². The van der Waals surface area contributed by atoms with E-state index in [4.69, 9.17) is 0 Å². The molecule has 2 heteroatoms. The molecule has 2 aromatic rings. The zero-order valence-electron chi connectivity index (χ0n) is 10.8. The first-order valence-corrected chi connectivity index (χ1v) is 6.29. The number of phenols is 2. The predicted molar refractivity (Wildman–Crippen MR) is 74.0 cm³/mol. The fourth-order valence-electron chi connectivity index (χ4n) is 2.06. The second-order valence-corrected chi connectivity index (χ2v) is 4.42. The van der Waals surface area contributed by atoms with Gasteiger partial charge in [-0.2, -0.15) is 0 Å². The number of aryl methyl sites for hydroxylation is 2. The maximum atomic E-state index is 9.98. The van der Waals surface area contributed by atoms with Crippen LogP contribution in [0, 0.1) is 0 Å². The molecule has 0 heterocycles. The van der Waals surface area contributed by atoms with Crippen LogP contribution in [0.15, 0.2) is 36.4 Å². The highest BCUT2D eigenvalue weighted by Crippen LogP contribution is 2.38. The maximum absolute atomic E-state index is 9.98. The lowest BCUT2D eigenvalue weighted by atomic mass is 9.98. The summed E-state index contributed by atoms with van der Waals surface area (Å²) in [6.07, 6.45) is 1.78. The van der Waals surface area contributed by atoms with Crippen LogP contribution in [0.3, 0.4) is 0 Å². The third-order valence-electron chi connectivity index (χ3n) is 3.20. The minimum Gasteiger partial charge on any atom is -0.504 e. The SMILES string of the molecule is CCc1cccc(-c2cc(CC)cc(O)c2O)c1. The standard InChI is InChI=1S/C16H18O2/c1-3-11-6-5-7-13(8-11)14-9-12(4-2)10-15(17)16(14)18/h5-10,17-18H,3-4H2,1-2H3. The minimum atomic E-state index is -0.0498. The molecule has 0 aliphatic carbocycles. The fraction of sp³-hybridized carbons (Fsp3) is 0.250. The van der Waals surface area contributed by atoms with Crippen LogP contribution in [0.4, 0.5) is 0 Å². The Labute approximate surface area is 108 Å². The van der Waals surface area contributed by atoms with Crippen molar-refractivity contribution in [2.24, 2.45) is 0 Å². The zero-order valence-corrected chi connectivity index (χ0v) is 10.8. The highest BCUT2D eigenvalue weighted by molar-refractivity contribution is 5.74. The summed E-state index contributed by atoms with van der Waals surface area (Å²) in [4.78, 5) is 0. The molecular weight excluding hydrogens is 224 g/mol. The molecule has 2 N–H and O–H groups in total. The van der Waals surface area contributed by atoms with E-state index in [9.17, 15) is 10.2 Å². The van der Waals surface area contributed by atoms with Crippen LogP contribution in [0.2, 0.25) is 0 Å². The van der Waals surface area contributed by atoms with E-state index < -0.39 is 0 Å². The molecule has 2 nitrogen and oxygen atoms in total. The molecule has 0 aliphatic rings. The van der Waals surface area contributed by atoms with Crippen LogP contribution >= 0.6 is 0 Å². The Morgan fingerprint density at radius 3 is 2.28 bits per heavy atom. The van der Waals surface area contributed by atoms with Crippen molar-refractivity contribution in [3.8, 4) is 22.6 Å². The van der Waals surface area contributed by atoms with E-state index in [2.05, 4.69) is 13.0 Å². The Kier molecular flexibility index (Phi) is 3.56. The average molecular weight is 242 g/mol. The molecule has 0 fully saturated rings. The Balaban J connectivity index is 2.58. The number of rotatable bonds is 3. The van der Waals surface area contributed by atoms with Gasteiger partial charge in [0.05, 0.1) is 0 Å². The summed E-state index contributed by atoms with van der Waals surface area (Å²) in [6.45, 7) is 4.12. The molecule has 0 saturated carbocycles. The van der Waals surface area contributed by atoms with Gasteiger partial charge in [-0.05, 0) is 41.7 Å². The molecule has 0 unspecified atom stereocenters. The van der Waals surface area contributed by atoms with Crippen molar-refractivity contribution in [2.45, 2.75) is 26.7 Å². The average Bonchev–Trinajstić information content (AvgIpc) is 2.41. The van der Waals surface area contributed by atoms with Crippen molar-refractivity contribution in [1.82, 2.24) is 0 Å². The Morgan fingerprint density at radius 1 is 0.889 bits per heavy atom. The van der Waals surface area contributed by atoms with Crippen molar-refractivity contribution >= 4 is 0 Å². The highest BCUT2D eigenvalue weighted by Gasteiger charge is 2.10. The monoisotopic (exact) mass is 242 g/mol. The molecule has 2 aromatic carbocycles. The second-order valence-electron chi connectivity index (χ2n) is 4.42. The second kappa shape index (κ2) is 5.13. The van der Waals surface area contributed by atoms with Crippen molar-refractivity contribution in [2.75, 3.05) is 0 Å². The topological polar surface area (TPSA) is 40.5 Å². The predicted octanol–water partition coefficient (Wildman–Crippen LogP) is 3.89. The summed E-state index contributed by atoms with van der Waals surface area (Å²) in [7, 11) is 0. The maximum Gasteiger partial charge on any atom is 0.165 e. The van der Waals surface area contributed by atoms with Gasteiger partial charge in [0.2, 0.25) is 0 Å². The van der Waals surface area contributed by atoms with Gasteiger partial charge in [-0.1, -0.05) is 38.1 Å². The van der Waals surface area contributed by atoms with Crippen molar-refractivity contribution in [3.63, 3.8) is 0 Å². The summed E-state index contributed by atoms with van der Waals surface area (Å²) in [6, 6.07) is 11.6. The molecule has 0 bridgehead atoms. The van der Waals surface area contributed by atoms with Crippen LogP contribution in [-0.2, 0) is 12.8 Å². The summed E-state index contributed by atoms with van der Waals surface area (Å²) < 4.78 is 0. The van der Waals surface area contributed by atoms with E-state index in [0.29, 0.717) is 5.56 Å². The largest absolute Gasteiger partial charge is 0.504 e. The van der Waals surface area contributed by atoms with Crippen molar-refractivity contribution in [1.29, 1.82) is 0 Å². The summed E-state index contributed by atoms with van der Waals surface area (Å²) in [5, 5.41) is 19.7. The van der Waals surface area contributed by atoms with E-state index in [0.717, 1.165) is 24.0 Å². The molecule has 18 heavy (non-hydrogen) atoms. The van der Waals surface area contributed by atoms with Gasteiger partial charge in [0.15, 0.2) is 11.5 Å². The fourth-order valence-corrected chi connectivity index (χ4v) is 2.06. The third kappa shape index (κ3) is 2.33. The Hall–Kier alpha value is -1.96. The molecular formula is C16H18O2. The smallest absolute Gasteiger partial charge is 0.165 e. The summed E-state index contributed by atoms with van der Waals surface area (Å²) in [5.74, 6) is -0.0910. The molecule has 2 rings (SSSR count). The van der Waals surface area contributed by atoms with E-state index in [1.807, 2.05) is 31.2 Å². The van der Waals surface area contributed by atoms with Crippen LogP contribution in [0.25, 0.3) is 11.1 Å². The number of hydrogen-bond acceptors (Lipinski definition) is 2. The number of hydrogen-bond donors (Lipinski definition) is 2. The van der Waals surface area contributed by atoms with Crippen molar-refractivity contribution < 1.29 is 10.2 Å². The van der Waals surface area contributed by atoms with E-state index >= 15 is 0 Å². The first-order chi connectivity index (χ1) is 8.65. The molecule has 0 amide bonds. The van der Waals surface area contributed by atoms with Crippen LogP contribution in [0.5, 0.6) is 11.5 Å². The molecule has 0 aromatic heterocycles. The lowest BCUT2D eigenvalue weighted by molar-refractivity contribution is 0.404. The molecule has 0 saturated heterocycles. The highest BCUT2D eigenvalue weighted by atomic mass is 16.3. The normalized spacial score (nSPS) is 10.6. The lowest BCUT2D eigenvalue weighted by Gasteiger charge is -2.10. The van der Waals surface area contributed by atoms with Crippen LogP contribution in [0.1, 0.15) is 25.0 Å². The Bertz CT molecular complexity index is 559. The van der Waals surface area contributed by atoms with Gasteiger partial charge in [0.25, 0.3) is 0 Å². The zero-order chi connectivity index (χ0) is 13.1. The van der Waals surface area contributed by atoms with Crippen molar-refractivity contribution in [3.05, 3.63) is 47.5 Å². The first kappa shape index (κ1) is 12.5. The Morgan fingerprint density at radius 2 is 1.61 bits per heavy atom. The van der Waals surface area contributed by atoms with Gasteiger partial charge < -0.3 is 10.2 Å². The van der Waals surface area contributed by atoms with Gasteiger partial charge >= 0.3 is 0 Å². The van der Waals surface area contributed by atoms with Gasteiger partial charge in [0.1, 0.15) is 0 Å². The minimum absolute atomic E-state index is 0.0412. The van der Waals surface area contributed by atoms with E-state index in [-0.39, 0.29) is 11.5 Å². The van der Waals surface area contributed by atoms with Gasteiger partial charge in [-0.15, -0.1) is 0 Å². The number of aromatic hydroxyl groups is 2. The van der Waals surface area contributed by atoms with Gasteiger partial charge in [-0.3, -0.25) is 0 Å². The number of phenolic OH excluding ortho intramolecular Hbond substituents is 2. The summed E-state index contributed by atoms with van der Waals surface area (Å²) >= 11 is 0. The third-order valence-corrected chi connectivity index (χ3v) is 3.20. The van der Waals surface area contributed by atoms with Crippen LogP contribution < -0.4 is 0 Å². The number of benzene rings is 2. The molecule has 0 atom stereocenters. The molecule has 0 aliphatic heterocycles. The lowest BCUT2D eigenvalue weighted by Crippen LogP contribution is -1.87. The van der Waals surface area contributed by atoms with Crippen LogP contribution in [-0.4, -0.2) is 10.2 Å². The van der Waals surface area contributed by atoms with Gasteiger partial charge in [-0.25, -0.2) is 0 Å². The quantitative estimate of drug-likeness (QED) is 0.802. The molecule has 94 valence electrons. The summed E-state index contributed by atoms with van der Waals surface area (Å²) in [5.41, 5.74) is 3.87. The first-order valence-electron chi connectivity index (χ1n) is 6.29. The van der Waals surface area contributed by atoms with E-state index in [1.54, 1.807) is 6.07 Å². The molecule has 0 radical (unpaired) electrons.